The summed E-state index contributed by atoms with van der Waals surface area (Å²) in [5, 5.41) is 0.259. The van der Waals surface area contributed by atoms with Crippen LogP contribution >= 0.6 is 46.4 Å². The quantitative estimate of drug-likeness (QED) is 0.157. The Morgan fingerprint density at radius 1 is 0.763 bits per heavy atom. The minimum Gasteiger partial charge on any atom is -0.440 e. The third-order valence-electron chi connectivity index (χ3n) is 7.15. The molecule has 1 aliphatic heterocycles. The predicted molar refractivity (Wildman–Crippen MR) is 162 cm³/mol. The highest BCUT2D eigenvalue weighted by molar-refractivity contribution is 6.53. The van der Waals surface area contributed by atoms with Crippen LogP contribution in [-0.4, -0.2) is 47.2 Å². The van der Waals surface area contributed by atoms with Gasteiger partial charge in [0, 0.05) is 75.0 Å². The van der Waals surface area contributed by atoms with E-state index in [9.17, 15) is 4.79 Å². The predicted octanol–water partition coefficient (Wildman–Crippen LogP) is 8.05. The lowest BCUT2D eigenvalue weighted by Gasteiger charge is -2.36. The summed E-state index contributed by atoms with van der Waals surface area (Å²) in [6, 6.07) is 12.2. The fourth-order valence-corrected chi connectivity index (χ4v) is 6.28. The number of anilines is 3. The lowest BCUT2D eigenvalue weighted by molar-refractivity contribution is 0.0252. The van der Waals surface area contributed by atoms with E-state index in [1.54, 1.807) is 0 Å². The highest BCUT2D eigenvalue weighted by Crippen LogP contribution is 2.57. The van der Waals surface area contributed by atoms with Gasteiger partial charge in [-0.3, -0.25) is 0 Å². The normalized spacial score (nSPS) is 16.3. The molecule has 3 aromatic carbocycles. The van der Waals surface area contributed by atoms with Crippen LogP contribution in [0.4, 0.5) is 17.1 Å². The summed E-state index contributed by atoms with van der Waals surface area (Å²) >= 11 is 26.5. The van der Waals surface area contributed by atoms with Crippen molar-refractivity contribution in [2.24, 2.45) is 0 Å². The summed E-state index contributed by atoms with van der Waals surface area (Å²) in [5.41, 5.74) is 4.43. The van der Waals surface area contributed by atoms with Gasteiger partial charge in [-0.25, -0.2) is 4.79 Å². The van der Waals surface area contributed by atoms with Crippen molar-refractivity contribution in [3.63, 3.8) is 0 Å². The number of cyclic esters (lactones) is 1. The average molecular weight is 595 g/mol. The van der Waals surface area contributed by atoms with Crippen LogP contribution in [0.5, 0.6) is 0 Å². The minimum atomic E-state index is -1.42. The maximum atomic E-state index is 13.6. The summed E-state index contributed by atoms with van der Waals surface area (Å²) in [6.45, 7) is 7.97. The Balaban J connectivity index is 2.17. The van der Waals surface area contributed by atoms with Gasteiger partial charge in [-0.15, -0.1) is 0 Å². The summed E-state index contributed by atoms with van der Waals surface area (Å²) < 4.78 is 6.41. The zero-order chi connectivity index (χ0) is 28.1. The number of ether oxygens (including phenoxy) is 1. The number of carbonyl (C=O) groups excluding carboxylic acids is 1. The first-order chi connectivity index (χ1) is 17.9. The molecule has 9 heteroatoms. The van der Waals surface area contributed by atoms with E-state index >= 15 is 0 Å². The van der Waals surface area contributed by atoms with Crippen LogP contribution in [0.1, 0.15) is 46.5 Å². The van der Waals surface area contributed by atoms with Gasteiger partial charge in [-0.05, 0) is 50.6 Å². The van der Waals surface area contributed by atoms with Crippen molar-refractivity contribution in [3.8, 4) is 0 Å². The molecular formula is C29H31Cl4N3O2. The highest BCUT2D eigenvalue weighted by atomic mass is 35.5. The Kier molecular flexibility index (Phi) is 8.07. The van der Waals surface area contributed by atoms with Crippen molar-refractivity contribution in [2.75, 3.05) is 56.0 Å². The molecule has 38 heavy (non-hydrogen) atoms. The van der Waals surface area contributed by atoms with E-state index in [0.29, 0.717) is 5.56 Å². The largest absolute Gasteiger partial charge is 0.440 e. The molecular weight excluding hydrogens is 564 g/mol. The van der Waals surface area contributed by atoms with E-state index in [2.05, 4.69) is 30.9 Å². The number of aryl methyl sites for hydroxylation is 1. The van der Waals surface area contributed by atoms with Crippen LogP contribution < -0.4 is 14.7 Å². The van der Waals surface area contributed by atoms with Crippen LogP contribution in [0.15, 0.2) is 36.4 Å². The third-order valence-corrected chi connectivity index (χ3v) is 8.95. The van der Waals surface area contributed by atoms with Crippen molar-refractivity contribution >= 4 is 69.4 Å². The second kappa shape index (κ2) is 10.7. The smallest absolute Gasteiger partial charge is 0.341 e. The van der Waals surface area contributed by atoms with Gasteiger partial charge in [0.2, 0.25) is 0 Å². The molecule has 0 aromatic heterocycles. The van der Waals surface area contributed by atoms with E-state index in [0.717, 1.165) is 46.8 Å². The topological polar surface area (TPSA) is 36.0 Å². The van der Waals surface area contributed by atoms with Crippen molar-refractivity contribution in [1.82, 2.24) is 0 Å². The zero-order valence-electron chi connectivity index (χ0n) is 22.5. The van der Waals surface area contributed by atoms with Crippen LogP contribution in [-0.2, 0) is 10.3 Å². The molecule has 0 fully saturated rings. The molecule has 5 nitrogen and oxygen atoms in total. The maximum absolute atomic E-state index is 13.6. The van der Waals surface area contributed by atoms with Gasteiger partial charge in [0.15, 0.2) is 5.60 Å². The third kappa shape index (κ3) is 4.38. The molecule has 1 atom stereocenters. The number of benzene rings is 3. The Morgan fingerprint density at radius 2 is 1.34 bits per heavy atom. The van der Waals surface area contributed by atoms with Gasteiger partial charge < -0.3 is 19.4 Å². The van der Waals surface area contributed by atoms with E-state index in [1.165, 1.54) is 0 Å². The maximum Gasteiger partial charge on any atom is 0.341 e. The molecule has 1 heterocycles. The van der Waals surface area contributed by atoms with E-state index in [4.69, 9.17) is 51.1 Å². The van der Waals surface area contributed by atoms with Gasteiger partial charge in [0.05, 0.1) is 25.7 Å². The summed E-state index contributed by atoms with van der Waals surface area (Å²) in [4.78, 5) is 19.9. The van der Waals surface area contributed by atoms with Crippen LogP contribution in [0.2, 0.25) is 20.1 Å². The first-order valence-electron chi connectivity index (χ1n) is 12.4. The Hall–Kier alpha value is -2.31. The van der Waals surface area contributed by atoms with Gasteiger partial charge >= 0.3 is 5.97 Å². The Bertz CT molecular complexity index is 1420. The molecule has 0 aliphatic carbocycles. The molecule has 202 valence electrons. The van der Waals surface area contributed by atoms with Gasteiger partial charge in [0.1, 0.15) is 0 Å². The number of hydrogen-bond donors (Lipinski definition) is 0. The Morgan fingerprint density at radius 3 is 1.89 bits per heavy atom. The minimum absolute atomic E-state index is 0.0224. The zero-order valence-corrected chi connectivity index (χ0v) is 25.6. The number of halogens is 4. The van der Waals surface area contributed by atoms with Crippen LogP contribution in [0.3, 0.4) is 0 Å². The highest BCUT2D eigenvalue weighted by Gasteiger charge is 2.54. The average Bonchev–Trinajstić information content (AvgIpc) is 3.19. The lowest BCUT2D eigenvalue weighted by atomic mass is 9.77. The van der Waals surface area contributed by atoms with Crippen molar-refractivity contribution in [1.29, 1.82) is 0 Å². The number of fused-ring (bicyclic) bond motifs is 1. The summed E-state index contributed by atoms with van der Waals surface area (Å²) in [6.07, 6.45) is 0. The molecule has 3 aromatic rings. The molecule has 0 N–H and O–H groups in total. The molecule has 1 unspecified atom stereocenters. The van der Waals surface area contributed by atoms with Gasteiger partial charge in [-0.2, -0.15) is 0 Å². The molecule has 0 saturated carbocycles. The molecule has 0 saturated heterocycles. The van der Waals surface area contributed by atoms with Crippen molar-refractivity contribution in [2.45, 2.75) is 26.4 Å². The molecule has 0 bridgehead atoms. The van der Waals surface area contributed by atoms with Gasteiger partial charge in [-0.1, -0.05) is 58.5 Å². The molecule has 0 radical (unpaired) electrons. The molecule has 0 spiro atoms. The van der Waals surface area contributed by atoms with Gasteiger partial charge in [0.25, 0.3) is 0 Å². The number of hydrogen-bond acceptors (Lipinski definition) is 5. The fraction of sp³-hybridized carbons (Fsp3) is 0.345. The number of rotatable bonds is 7. The van der Waals surface area contributed by atoms with E-state index < -0.39 is 11.6 Å². The number of carbonyl (C=O) groups is 1. The second-order valence-corrected chi connectivity index (χ2v) is 11.3. The molecule has 0 amide bonds. The summed E-state index contributed by atoms with van der Waals surface area (Å²) in [5.74, 6) is -0.612. The number of nitrogens with zero attached hydrogens (tertiary/aromatic N) is 3. The van der Waals surface area contributed by atoms with E-state index in [-0.39, 0.29) is 25.7 Å². The Labute approximate surface area is 244 Å². The number of esters is 1. The van der Waals surface area contributed by atoms with E-state index in [1.807, 2.05) is 69.2 Å². The lowest BCUT2D eigenvalue weighted by Crippen LogP contribution is -2.33. The monoisotopic (exact) mass is 593 g/mol. The van der Waals surface area contributed by atoms with Crippen LogP contribution in [0, 0.1) is 6.92 Å². The standard InChI is InChI=1S/C29H31Cl4N3O2/c1-8-36(9-2)18-11-12-19(16(3)14-18)29(20-13-10-17(34(4)5)15-21(20)35(6)7)23-22(28(37)38-29)24(30)26(32)27(33)25(23)31/h10-15H,8-9H2,1-7H3. The van der Waals surface area contributed by atoms with Crippen molar-refractivity contribution < 1.29 is 9.53 Å². The van der Waals surface area contributed by atoms with Crippen LogP contribution in [0.25, 0.3) is 0 Å². The second-order valence-electron chi connectivity index (χ2n) is 9.74. The fourth-order valence-electron chi connectivity index (χ4n) is 5.21. The SMILES string of the molecule is CCN(CC)c1ccc(C2(c3ccc(N(C)C)cc3N(C)C)OC(=O)c3c(Cl)c(Cl)c(Cl)c(Cl)c32)c(C)c1. The molecule has 4 rings (SSSR count). The summed E-state index contributed by atoms with van der Waals surface area (Å²) in [7, 11) is 7.85. The first-order valence-corrected chi connectivity index (χ1v) is 13.9. The molecule has 1 aliphatic rings. The van der Waals surface area contributed by atoms with Crippen molar-refractivity contribution in [3.05, 3.63) is 84.3 Å². The first kappa shape index (κ1) is 28.7.